The van der Waals surface area contributed by atoms with Gasteiger partial charge in [0.2, 0.25) is 0 Å². The summed E-state index contributed by atoms with van der Waals surface area (Å²) in [5, 5.41) is 12.0. The molecule has 0 N–H and O–H groups in total. The zero-order valence-corrected chi connectivity index (χ0v) is 17.0. The van der Waals surface area contributed by atoms with Crippen molar-refractivity contribution in [2.45, 2.75) is 13.5 Å². The molecule has 3 aromatic rings. The number of carbonyl (C=O) groups is 1. The van der Waals surface area contributed by atoms with Crippen molar-refractivity contribution < 1.29 is 33.1 Å². The van der Waals surface area contributed by atoms with Crippen molar-refractivity contribution in [2.75, 3.05) is 20.8 Å². The van der Waals surface area contributed by atoms with E-state index >= 15 is 0 Å². The second kappa shape index (κ2) is 9.16. The summed E-state index contributed by atoms with van der Waals surface area (Å²) in [5.41, 5.74) is -0.799. The molecule has 2 aromatic carbocycles. The number of fused-ring (bicyclic) bond motifs is 1. The highest BCUT2D eigenvalue weighted by molar-refractivity contribution is 5.95. The summed E-state index contributed by atoms with van der Waals surface area (Å²) in [5.74, 6) is -0.182. The molecule has 0 atom stereocenters. The van der Waals surface area contributed by atoms with E-state index in [-0.39, 0.29) is 35.9 Å². The van der Waals surface area contributed by atoms with Gasteiger partial charge in [-0.15, -0.1) is 0 Å². The van der Waals surface area contributed by atoms with E-state index in [0.717, 1.165) is 6.07 Å². The van der Waals surface area contributed by atoms with E-state index in [0.29, 0.717) is 16.7 Å². The third-order valence-corrected chi connectivity index (χ3v) is 4.39. The van der Waals surface area contributed by atoms with Crippen molar-refractivity contribution in [2.24, 2.45) is 0 Å². The molecule has 0 amide bonds. The highest BCUT2D eigenvalue weighted by Crippen LogP contribution is 2.35. The van der Waals surface area contributed by atoms with Crippen LogP contribution < -0.4 is 19.8 Å². The standard InChI is InChI=1S/C21H19NO9/c1-4-29-19-9-15(16(22(25)26)10-18(19)28-3)21(24)30-11-12-7-20(23)31-17-8-13(27-2)5-6-14(12)17/h5-10H,4,11H2,1-3H3. The number of methoxy groups -OCH3 is 2. The topological polar surface area (TPSA) is 127 Å². The lowest BCUT2D eigenvalue weighted by Gasteiger charge is -2.12. The highest BCUT2D eigenvalue weighted by atomic mass is 16.6. The SMILES string of the molecule is CCOc1cc(C(=O)OCc2cc(=O)oc3cc(OC)ccc23)c([N+](=O)[O-])cc1OC. The Bertz CT molecular complexity index is 1200. The normalized spacial score (nSPS) is 10.5. The molecule has 0 bridgehead atoms. The first-order chi connectivity index (χ1) is 14.9. The van der Waals surface area contributed by atoms with Crippen LogP contribution in [0.15, 0.2) is 45.6 Å². The fourth-order valence-electron chi connectivity index (χ4n) is 2.97. The Kier molecular flexibility index (Phi) is 6.39. The van der Waals surface area contributed by atoms with Gasteiger partial charge in [-0.25, -0.2) is 9.59 Å². The molecular formula is C21H19NO9. The maximum atomic E-state index is 12.7. The number of esters is 1. The molecule has 0 aliphatic rings. The summed E-state index contributed by atoms with van der Waals surface area (Å²) in [7, 11) is 2.81. The minimum Gasteiger partial charge on any atom is -0.497 e. The first-order valence-corrected chi connectivity index (χ1v) is 9.15. The van der Waals surface area contributed by atoms with Crippen LogP contribution in [0.4, 0.5) is 5.69 Å². The Balaban J connectivity index is 1.94. The second-order valence-corrected chi connectivity index (χ2v) is 6.24. The van der Waals surface area contributed by atoms with Crippen molar-refractivity contribution in [1.29, 1.82) is 0 Å². The van der Waals surface area contributed by atoms with Crippen LogP contribution >= 0.6 is 0 Å². The molecule has 3 rings (SSSR count). The van der Waals surface area contributed by atoms with Gasteiger partial charge in [-0.3, -0.25) is 10.1 Å². The van der Waals surface area contributed by atoms with Crippen LogP contribution in [0.5, 0.6) is 17.2 Å². The Morgan fingerprint density at radius 1 is 1.10 bits per heavy atom. The van der Waals surface area contributed by atoms with Crippen LogP contribution in [0.1, 0.15) is 22.8 Å². The molecule has 0 aliphatic heterocycles. The van der Waals surface area contributed by atoms with Crippen molar-refractivity contribution in [1.82, 2.24) is 0 Å². The van der Waals surface area contributed by atoms with Crippen molar-refractivity contribution >= 4 is 22.6 Å². The molecule has 0 unspecified atom stereocenters. The van der Waals surface area contributed by atoms with Crippen molar-refractivity contribution in [3.05, 3.63) is 68.1 Å². The van der Waals surface area contributed by atoms with E-state index in [4.69, 9.17) is 23.4 Å². The zero-order chi connectivity index (χ0) is 22.5. The molecule has 1 aromatic heterocycles. The van der Waals surface area contributed by atoms with Crippen molar-refractivity contribution in [3.8, 4) is 17.2 Å². The summed E-state index contributed by atoms with van der Waals surface area (Å²) < 4.78 is 26.0. The predicted molar refractivity (Wildman–Crippen MR) is 109 cm³/mol. The first-order valence-electron chi connectivity index (χ1n) is 9.15. The molecule has 1 heterocycles. The number of carbonyl (C=O) groups excluding carboxylic acids is 1. The molecular weight excluding hydrogens is 410 g/mol. The molecule has 0 spiro atoms. The van der Waals surface area contributed by atoms with Crippen LogP contribution in [0.25, 0.3) is 11.0 Å². The summed E-state index contributed by atoms with van der Waals surface area (Å²) >= 11 is 0. The first kappa shape index (κ1) is 21.6. The van der Waals surface area contributed by atoms with E-state index in [1.165, 1.54) is 32.4 Å². The van der Waals surface area contributed by atoms with Crippen LogP contribution in [0.3, 0.4) is 0 Å². The number of hydrogen-bond donors (Lipinski definition) is 0. The highest BCUT2D eigenvalue weighted by Gasteiger charge is 2.26. The maximum absolute atomic E-state index is 12.7. The van der Waals surface area contributed by atoms with Gasteiger partial charge in [0, 0.05) is 29.1 Å². The van der Waals surface area contributed by atoms with Gasteiger partial charge in [0.25, 0.3) is 5.69 Å². The Labute approximate surface area is 176 Å². The molecule has 0 saturated heterocycles. The van der Waals surface area contributed by atoms with Gasteiger partial charge in [-0.05, 0) is 19.1 Å². The van der Waals surface area contributed by atoms with Crippen LogP contribution in [-0.4, -0.2) is 31.7 Å². The van der Waals surface area contributed by atoms with Gasteiger partial charge in [-0.2, -0.15) is 0 Å². The van der Waals surface area contributed by atoms with E-state index in [2.05, 4.69) is 0 Å². The zero-order valence-electron chi connectivity index (χ0n) is 17.0. The molecule has 0 aliphatic carbocycles. The monoisotopic (exact) mass is 429 g/mol. The van der Waals surface area contributed by atoms with Crippen LogP contribution in [-0.2, 0) is 11.3 Å². The third-order valence-electron chi connectivity index (χ3n) is 4.39. The summed E-state index contributed by atoms with van der Waals surface area (Å²) in [6.07, 6.45) is 0. The van der Waals surface area contributed by atoms with Gasteiger partial charge in [-0.1, -0.05) is 0 Å². The fourth-order valence-corrected chi connectivity index (χ4v) is 2.97. The minimum absolute atomic E-state index is 0.116. The van der Waals surface area contributed by atoms with Crippen LogP contribution in [0, 0.1) is 10.1 Å². The lowest BCUT2D eigenvalue weighted by Crippen LogP contribution is -2.11. The molecule has 31 heavy (non-hydrogen) atoms. The Morgan fingerprint density at radius 2 is 1.87 bits per heavy atom. The number of nitrogens with zero attached hydrogens (tertiary/aromatic N) is 1. The largest absolute Gasteiger partial charge is 0.497 e. The van der Waals surface area contributed by atoms with Gasteiger partial charge in [0.05, 0.1) is 31.8 Å². The number of rotatable bonds is 8. The van der Waals surface area contributed by atoms with Gasteiger partial charge in [0.1, 0.15) is 23.5 Å². The molecule has 0 radical (unpaired) electrons. The predicted octanol–water partition coefficient (Wildman–Crippen LogP) is 3.47. The second-order valence-electron chi connectivity index (χ2n) is 6.24. The van der Waals surface area contributed by atoms with Gasteiger partial charge >= 0.3 is 11.6 Å². The number of benzene rings is 2. The average molecular weight is 429 g/mol. The summed E-state index contributed by atoms with van der Waals surface area (Å²) in [4.78, 5) is 35.3. The van der Waals surface area contributed by atoms with E-state index < -0.39 is 22.2 Å². The maximum Gasteiger partial charge on any atom is 0.345 e. The number of ether oxygens (including phenoxy) is 4. The lowest BCUT2D eigenvalue weighted by molar-refractivity contribution is -0.385. The van der Waals surface area contributed by atoms with Gasteiger partial charge in [0.15, 0.2) is 11.5 Å². The van der Waals surface area contributed by atoms with Gasteiger partial charge < -0.3 is 23.4 Å². The van der Waals surface area contributed by atoms with E-state index in [1.807, 2.05) is 0 Å². The van der Waals surface area contributed by atoms with Crippen molar-refractivity contribution in [3.63, 3.8) is 0 Å². The molecule has 0 saturated carbocycles. The minimum atomic E-state index is -0.954. The number of nitro benzene ring substituents is 1. The molecule has 10 heteroatoms. The number of nitro groups is 1. The molecule has 0 fully saturated rings. The Hall–Kier alpha value is -4.08. The lowest BCUT2D eigenvalue weighted by atomic mass is 10.1. The van der Waals surface area contributed by atoms with E-state index in [9.17, 15) is 19.7 Å². The average Bonchev–Trinajstić information content (AvgIpc) is 2.76. The quantitative estimate of drug-likeness (QED) is 0.229. The molecule has 10 nitrogen and oxygen atoms in total. The molecule has 162 valence electrons. The summed E-state index contributed by atoms with van der Waals surface area (Å²) in [6.45, 7) is 1.68. The van der Waals surface area contributed by atoms with E-state index in [1.54, 1.807) is 19.1 Å². The smallest absolute Gasteiger partial charge is 0.345 e. The third kappa shape index (κ3) is 4.58. The Morgan fingerprint density at radius 3 is 2.52 bits per heavy atom. The number of hydrogen-bond acceptors (Lipinski definition) is 9. The van der Waals surface area contributed by atoms with Crippen LogP contribution in [0.2, 0.25) is 0 Å². The fraction of sp³-hybridized carbons (Fsp3) is 0.238. The summed E-state index contributed by atoms with van der Waals surface area (Å²) in [6, 6.07) is 8.34.